The Labute approximate surface area is 203 Å². The highest BCUT2D eigenvalue weighted by Gasteiger charge is 2.30. The van der Waals surface area contributed by atoms with Crippen molar-refractivity contribution in [2.45, 2.75) is 32.4 Å². The zero-order valence-electron chi connectivity index (χ0n) is 19.6. The lowest BCUT2D eigenvalue weighted by Gasteiger charge is -2.28. The topological polar surface area (TPSA) is 101 Å². The van der Waals surface area contributed by atoms with Crippen molar-refractivity contribution in [2.75, 3.05) is 10.6 Å². The summed E-state index contributed by atoms with van der Waals surface area (Å²) in [6, 6.07) is 28.2. The standard InChI is InChI=1S/C28H28N4O3/c1-2-23(22-16-10-5-11-17-22)27(34)31(18-20-12-6-3-7-13-20)24-25(29)32(28(35)30-26(24)33)19-21-14-8-4-9-15-21/h3-17,23H,2,18-19,29H2,1H3,(H,30,33,35). The molecule has 4 rings (SSSR count). The molecule has 0 aliphatic heterocycles. The number of aromatic amines is 1. The van der Waals surface area contributed by atoms with Gasteiger partial charge in [-0.1, -0.05) is 97.9 Å². The molecule has 1 amide bonds. The summed E-state index contributed by atoms with van der Waals surface area (Å²) in [5.74, 6) is -0.785. The monoisotopic (exact) mass is 468 g/mol. The highest BCUT2D eigenvalue weighted by Crippen LogP contribution is 2.28. The van der Waals surface area contributed by atoms with Crippen LogP contribution in [0.2, 0.25) is 0 Å². The number of carbonyl (C=O) groups excluding carboxylic acids is 1. The molecule has 0 spiro atoms. The largest absolute Gasteiger partial charge is 0.383 e. The second kappa shape index (κ2) is 10.7. The first-order valence-corrected chi connectivity index (χ1v) is 11.6. The van der Waals surface area contributed by atoms with Gasteiger partial charge in [0.15, 0.2) is 5.69 Å². The maximum Gasteiger partial charge on any atom is 0.330 e. The summed E-state index contributed by atoms with van der Waals surface area (Å²) in [5.41, 5.74) is 7.65. The normalized spacial score (nSPS) is 11.7. The van der Waals surface area contributed by atoms with E-state index in [9.17, 15) is 14.4 Å². The fraction of sp³-hybridized carbons (Fsp3) is 0.179. The van der Waals surface area contributed by atoms with E-state index in [-0.39, 0.29) is 30.5 Å². The van der Waals surface area contributed by atoms with E-state index in [1.54, 1.807) is 0 Å². The van der Waals surface area contributed by atoms with Gasteiger partial charge >= 0.3 is 5.69 Å². The van der Waals surface area contributed by atoms with E-state index < -0.39 is 17.2 Å². The number of benzene rings is 3. The predicted octanol–water partition coefficient (Wildman–Crippen LogP) is 3.89. The van der Waals surface area contributed by atoms with Gasteiger partial charge in [0.05, 0.1) is 19.0 Å². The van der Waals surface area contributed by atoms with Crippen LogP contribution in [0, 0.1) is 0 Å². The lowest BCUT2D eigenvalue weighted by Crippen LogP contribution is -2.42. The van der Waals surface area contributed by atoms with Gasteiger partial charge in [0, 0.05) is 0 Å². The molecule has 0 aliphatic carbocycles. The second-order valence-electron chi connectivity index (χ2n) is 8.35. The van der Waals surface area contributed by atoms with Gasteiger partial charge in [0.2, 0.25) is 5.91 Å². The maximum atomic E-state index is 14.0. The molecule has 7 heteroatoms. The van der Waals surface area contributed by atoms with Gasteiger partial charge in [0.1, 0.15) is 5.82 Å². The minimum atomic E-state index is -0.691. The smallest absolute Gasteiger partial charge is 0.330 e. The molecule has 7 nitrogen and oxygen atoms in total. The third kappa shape index (κ3) is 5.24. The van der Waals surface area contributed by atoms with E-state index in [1.165, 1.54) is 9.47 Å². The van der Waals surface area contributed by atoms with Gasteiger partial charge in [0.25, 0.3) is 5.56 Å². The van der Waals surface area contributed by atoms with Crippen LogP contribution in [0.5, 0.6) is 0 Å². The van der Waals surface area contributed by atoms with Gasteiger partial charge in [-0.05, 0) is 23.1 Å². The summed E-state index contributed by atoms with van der Waals surface area (Å²) >= 11 is 0. The van der Waals surface area contributed by atoms with Gasteiger partial charge < -0.3 is 5.73 Å². The average molecular weight is 469 g/mol. The third-order valence-electron chi connectivity index (χ3n) is 6.03. The number of nitrogens with one attached hydrogen (secondary N) is 1. The van der Waals surface area contributed by atoms with Crippen molar-refractivity contribution in [1.29, 1.82) is 0 Å². The Balaban J connectivity index is 1.84. The van der Waals surface area contributed by atoms with E-state index in [0.717, 1.165) is 16.7 Å². The minimum Gasteiger partial charge on any atom is -0.383 e. The SMILES string of the molecule is CCC(C(=O)N(Cc1ccccc1)c1c(N)n(Cc2ccccc2)c(=O)[nH]c1=O)c1ccccc1. The molecule has 1 unspecified atom stereocenters. The molecular weight excluding hydrogens is 440 g/mol. The molecule has 1 atom stereocenters. The molecule has 0 aliphatic rings. The average Bonchev–Trinajstić information content (AvgIpc) is 2.88. The molecule has 0 radical (unpaired) electrons. The van der Waals surface area contributed by atoms with Crippen molar-refractivity contribution in [1.82, 2.24) is 9.55 Å². The molecule has 1 aromatic heterocycles. The van der Waals surface area contributed by atoms with Crippen molar-refractivity contribution >= 4 is 17.4 Å². The first kappa shape index (κ1) is 23.8. The number of rotatable bonds is 8. The van der Waals surface area contributed by atoms with Crippen LogP contribution in [0.3, 0.4) is 0 Å². The quantitative estimate of drug-likeness (QED) is 0.410. The molecule has 0 saturated heterocycles. The number of amides is 1. The van der Waals surface area contributed by atoms with Crippen molar-refractivity contribution in [3.63, 3.8) is 0 Å². The number of H-pyrrole nitrogens is 1. The Hall–Kier alpha value is -4.39. The van der Waals surface area contributed by atoms with Crippen molar-refractivity contribution in [3.8, 4) is 0 Å². The van der Waals surface area contributed by atoms with E-state index in [2.05, 4.69) is 4.98 Å². The summed E-state index contributed by atoms with van der Waals surface area (Å²) in [4.78, 5) is 43.6. The fourth-order valence-electron chi connectivity index (χ4n) is 4.22. The van der Waals surface area contributed by atoms with Crippen molar-refractivity contribution < 1.29 is 4.79 Å². The van der Waals surface area contributed by atoms with Crippen LogP contribution in [0.4, 0.5) is 11.5 Å². The Morgan fingerprint density at radius 2 is 1.43 bits per heavy atom. The Kier molecular flexibility index (Phi) is 7.26. The molecule has 1 heterocycles. The van der Waals surface area contributed by atoms with E-state index >= 15 is 0 Å². The second-order valence-corrected chi connectivity index (χ2v) is 8.35. The van der Waals surface area contributed by atoms with Gasteiger partial charge in [-0.3, -0.25) is 24.0 Å². The highest BCUT2D eigenvalue weighted by atomic mass is 16.2. The van der Waals surface area contributed by atoms with Gasteiger partial charge in [-0.15, -0.1) is 0 Å². The Morgan fingerprint density at radius 3 is 2.00 bits per heavy atom. The van der Waals surface area contributed by atoms with Crippen LogP contribution < -0.4 is 21.9 Å². The molecule has 178 valence electrons. The summed E-state index contributed by atoms with van der Waals surface area (Å²) in [6.07, 6.45) is 0.537. The van der Waals surface area contributed by atoms with Crippen LogP contribution in [-0.4, -0.2) is 15.5 Å². The molecule has 4 aromatic rings. The summed E-state index contributed by atoms with van der Waals surface area (Å²) < 4.78 is 1.29. The number of hydrogen-bond donors (Lipinski definition) is 2. The molecule has 3 N–H and O–H groups in total. The van der Waals surface area contributed by atoms with E-state index in [1.807, 2.05) is 97.9 Å². The lowest BCUT2D eigenvalue weighted by atomic mass is 9.94. The molecule has 0 fully saturated rings. The fourth-order valence-corrected chi connectivity index (χ4v) is 4.22. The van der Waals surface area contributed by atoms with Crippen LogP contribution in [0.1, 0.15) is 36.0 Å². The first-order valence-electron chi connectivity index (χ1n) is 11.6. The summed E-state index contributed by atoms with van der Waals surface area (Å²) in [5, 5.41) is 0. The molecule has 3 aromatic carbocycles. The summed E-state index contributed by atoms with van der Waals surface area (Å²) in [6.45, 7) is 2.23. The van der Waals surface area contributed by atoms with Crippen LogP contribution in [0.25, 0.3) is 0 Å². The first-order chi connectivity index (χ1) is 17.0. The molecule has 35 heavy (non-hydrogen) atoms. The number of hydrogen-bond acceptors (Lipinski definition) is 4. The zero-order chi connectivity index (χ0) is 24.8. The molecule has 0 saturated carbocycles. The summed E-state index contributed by atoms with van der Waals surface area (Å²) in [7, 11) is 0. The number of anilines is 2. The van der Waals surface area contributed by atoms with Crippen LogP contribution >= 0.6 is 0 Å². The number of nitrogen functional groups attached to an aromatic ring is 1. The predicted molar refractivity (Wildman–Crippen MR) is 138 cm³/mol. The molecular formula is C28H28N4O3. The third-order valence-corrected chi connectivity index (χ3v) is 6.03. The number of aromatic nitrogens is 2. The van der Waals surface area contributed by atoms with Crippen molar-refractivity contribution in [3.05, 3.63) is 129 Å². The zero-order valence-corrected chi connectivity index (χ0v) is 19.6. The molecule has 0 bridgehead atoms. The van der Waals surface area contributed by atoms with E-state index in [0.29, 0.717) is 6.42 Å². The van der Waals surface area contributed by atoms with Crippen LogP contribution in [-0.2, 0) is 17.9 Å². The van der Waals surface area contributed by atoms with Crippen LogP contribution in [0.15, 0.2) is 101 Å². The van der Waals surface area contributed by atoms with Gasteiger partial charge in [-0.25, -0.2) is 4.79 Å². The van der Waals surface area contributed by atoms with E-state index in [4.69, 9.17) is 5.73 Å². The Morgan fingerprint density at radius 1 is 0.886 bits per heavy atom. The Bertz CT molecular complexity index is 1400. The minimum absolute atomic E-state index is 0.0243. The van der Waals surface area contributed by atoms with Gasteiger partial charge in [-0.2, -0.15) is 0 Å². The number of nitrogens with two attached hydrogens (primary N) is 1. The van der Waals surface area contributed by atoms with Crippen molar-refractivity contribution in [2.24, 2.45) is 0 Å². The number of nitrogens with zero attached hydrogens (tertiary/aromatic N) is 2. The highest BCUT2D eigenvalue weighted by molar-refractivity contribution is 5.99. The maximum absolute atomic E-state index is 14.0. The lowest BCUT2D eigenvalue weighted by molar-refractivity contribution is -0.120. The number of carbonyl (C=O) groups is 1.